The zero-order chi connectivity index (χ0) is 17.8. The van der Waals surface area contributed by atoms with Gasteiger partial charge in [0, 0.05) is 43.4 Å². The zero-order valence-electron chi connectivity index (χ0n) is 14.1. The van der Waals surface area contributed by atoms with Crippen molar-refractivity contribution in [1.29, 1.82) is 0 Å². The van der Waals surface area contributed by atoms with Gasteiger partial charge in [-0.3, -0.25) is 9.78 Å². The van der Waals surface area contributed by atoms with Crippen LogP contribution in [0, 0.1) is 0 Å². The predicted octanol–water partition coefficient (Wildman–Crippen LogP) is 2.89. The Morgan fingerprint density at radius 3 is 2.69 bits per heavy atom. The Morgan fingerprint density at radius 2 is 1.96 bits per heavy atom. The average molecular weight is 346 g/mol. The molecule has 1 saturated heterocycles. The lowest BCUT2D eigenvalue weighted by Gasteiger charge is -2.15. The summed E-state index contributed by atoms with van der Waals surface area (Å²) in [6.07, 6.45) is 8.15. The van der Waals surface area contributed by atoms with Gasteiger partial charge in [-0.15, -0.1) is 0 Å². The Hall–Kier alpha value is -3.28. The van der Waals surface area contributed by atoms with Crippen LogP contribution < -0.4 is 0 Å². The van der Waals surface area contributed by atoms with Crippen molar-refractivity contribution in [2.45, 2.75) is 11.8 Å². The first-order chi connectivity index (χ1) is 12.8. The first-order valence-electron chi connectivity index (χ1n) is 8.49. The molecule has 2 atom stereocenters. The Labute approximate surface area is 151 Å². The zero-order valence-corrected chi connectivity index (χ0v) is 14.1. The molecule has 0 unspecified atom stereocenters. The normalized spacial score (nSPS) is 19.9. The molecule has 6 heteroatoms. The molecule has 0 spiro atoms. The van der Waals surface area contributed by atoms with E-state index in [1.165, 1.54) is 12.0 Å². The number of benzene rings is 1. The van der Waals surface area contributed by atoms with E-state index in [1.54, 1.807) is 24.5 Å². The largest absolute Gasteiger partial charge is 0.343 e. The summed E-state index contributed by atoms with van der Waals surface area (Å²) in [6.45, 7) is 1.19. The lowest BCUT2D eigenvalue weighted by atomic mass is 9.88. The second-order valence-electron chi connectivity index (χ2n) is 6.28. The summed E-state index contributed by atoms with van der Waals surface area (Å²) in [5.41, 5.74) is 2.07. The van der Waals surface area contributed by atoms with Gasteiger partial charge in [0.15, 0.2) is 5.82 Å². The van der Waals surface area contributed by atoms with Crippen molar-refractivity contribution < 1.29 is 9.32 Å². The van der Waals surface area contributed by atoms with Crippen molar-refractivity contribution in [3.63, 3.8) is 0 Å². The standard InChI is InChI=1S/C20H18N4O2/c25-19(9-8-15-5-4-10-21-11-15)24-12-17(16-6-2-1-3-7-16)18(13-24)20-22-14-26-23-20/h1-11,14,17-18H,12-13H2/b9-8-/t17-,18-/m0/s1. The van der Waals surface area contributed by atoms with Crippen LogP contribution in [-0.4, -0.2) is 39.0 Å². The number of likely N-dealkylation sites (tertiary alicyclic amines) is 1. The molecule has 0 saturated carbocycles. The number of carbonyl (C=O) groups is 1. The fourth-order valence-electron chi connectivity index (χ4n) is 3.37. The van der Waals surface area contributed by atoms with Crippen LogP contribution in [0.3, 0.4) is 0 Å². The van der Waals surface area contributed by atoms with Gasteiger partial charge in [-0.2, -0.15) is 4.98 Å². The maximum atomic E-state index is 12.7. The van der Waals surface area contributed by atoms with Crippen molar-refractivity contribution in [2.75, 3.05) is 13.1 Å². The third kappa shape index (κ3) is 3.39. The van der Waals surface area contributed by atoms with Crippen LogP contribution in [-0.2, 0) is 4.79 Å². The molecule has 3 heterocycles. The molecule has 130 valence electrons. The number of nitrogens with zero attached hydrogens (tertiary/aromatic N) is 4. The fourth-order valence-corrected chi connectivity index (χ4v) is 3.37. The lowest BCUT2D eigenvalue weighted by molar-refractivity contribution is -0.125. The smallest absolute Gasteiger partial charge is 0.246 e. The molecular formula is C20H18N4O2. The highest BCUT2D eigenvalue weighted by Crippen LogP contribution is 2.38. The second kappa shape index (κ2) is 7.31. The highest BCUT2D eigenvalue weighted by atomic mass is 16.5. The Kier molecular flexibility index (Phi) is 4.55. The first-order valence-corrected chi connectivity index (χ1v) is 8.49. The molecule has 2 aromatic heterocycles. The Balaban J connectivity index is 1.55. The molecule has 1 aliphatic rings. The highest BCUT2D eigenvalue weighted by Gasteiger charge is 2.38. The van der Waals surface area contributed by atoms with E-state index in [0.29, 0.717) is 18.9 Å². The molecule has 3 aromatic rings. The van der Waals surface area contributed by atoms with Crippen molar-refractivity contribution in [3.8, 4) is 0 Å². The van der Waals surface area contributed by atoms with Crippen LogP contribution in [0.25, 0.3) is 6.08 Å². The van der Waals surface area contributed by atoms with Crippen molar-refractivity contribution >= 4 is 12.0 Å². The Morgan fingerprint density at radius 1 is 1.12 bits per heavy atom. The van der Waals surface area contributed by atoms with Crippen LogP contribution in [0.15, 0.2) is 71.9 Å². The number of hydrogen-bond donors (Lipinski definition) is 0. The van der Waals surface area contributed by atoms with Crippen LogP contribution in [0.4, 0.5) is 0 Å². The molecule has 1 amide bonds. The number of hydrogen-bond acceptors (Lipinski definition) is 5. The van der Waals surface area contributed by atoms with E-state index in [4.69, 9.17) is 4.52 Å². The van der Waals surface area contributed by atoms with Gasteiger partial charge in [-0.05, 0) is 23.3 Å². The van der Waals surface area contributed by atoms with E-state index in [0.717, 1.165) is 5.56 Å². The first kappa shape index (κ1) is 16.2. The maximum absolute atomic E-state index is 12.7. The molecule has 6 nitrogen and oxygen atoms in total. The molecule has 4 rings (SSSR count). The van der Waals surface area contributed by atoms with Crippen molar-refractivity contribution in [1.82, 2.24) is 20.0 Å². The van der Waals surface area contributed by atoms with Gasteiger partial charge in [0.05, 0.1) is 0 Å². The summed E-state index contributed by atoms with van der Waals surface area (Å²) in [4.78, 5) is 22.8. The van der Waals surface area contributed by atoms with Gasteiger partial charge in [-0.25, -0.2) is 0 Å². The molecule has 0 N–H and O–H groups in total. The second-order valence-corrected chi connectivity index (χ2v) is 6.28. The molecular weight excluding hydrogens is 328 g/mol. The molecule has 26 heavy (non-hydrogen) atoms. The SMILES string of the molecule is O=C(/C=C\c1cccnc1)N1C[C@H](c2ncon2)[C@H](c2ccccc2)C1. The van der Waals surface area contributed by atoms with Crippen molar-refractivity contribution in [2.24, 2.45) is 0 Å². The molecule has 0 radical (unpaired) electrons. The van der Waals surface area contributed by atoms with Gasteiger partial charge < -0.3 is 9.42 Å². The van der Waals surface area contributed by atoms with Gasteiger partial charge in [0.25, 0.3) is 0 Å². The van der Waals surface area contributed by atoms with Gasteiger partial charge >= 0.3 is 0 Å². The van der Waals surface area contributed by atoms with E-state index < -0.39 is 0 Å². The van der Waals surface area contributed by atoms with Crippen LogP contribution >= 0.6 is 0 Å². The van der Waals surface area contributed by atoms with E-state index in [-0.39, 0.29) is 17.7 Å². The third-order valence-corrected chi connectivity index (χ3v) is 4.67. The molecule has 1 aromatic carbocycles. The Bertz CT molecular complexity index is 879. The number of rotatable bonds is 4. The van der Waals surface area contributed by atoms with Crippen LogP contribution in [0.2, 0.25) is 0 Å². The summed E-state index contributed by atoms with van der Waals surface area (Å²) in [5, 5.41) is 4.01. The monoisotopic (exact) mass is 346 g/mol. The van der Waals surface area contributed by atoms with E-state index in [9.17, 15) is 4.79 Å². The minimum atomic E-state index is -0.0271. The average Bonchev–Trinajstić information content (AvgIpc) is 3.37. The summed E-state index contributed by atoms with van der Waals surface area (Å²) < 4.78 is 4.93. The maximum Gasteiger partial charge on any atom is 0.246 e. The third-order valence-electron chi connectivity index (χ3n) is 4.67. The number of carbonyl (C=O) groups excluding carboxylic acids is 1. The molecule has 1 fully saturated rings. The number of pyridine rings is 1. The van der Waals surface area contributed by atoms with Gasteiger partial charge in [0.1, 0.15) is 0 Å². The van der Waals surface area contributed by atoms with E-state index >= 15 is 0 Å². The summed E-state index contributed by atoms with van der Waals surface area (Å²) >= 11 is 0. The summed E-state index contributed by atoms with van der Waals surface area (Å²) in [5.74, 6) is 0.780. The van der Waals surface area contributed by atoms with E-state index in [1.807, 2.05) is 35.2 Å². The topological polar surface area (TPSA) is 72.1 Å². The van der Waals surface area contributed by atoms with Crippen LogP contribution in [0.5, 0.6) is 0 Å². The van der Waals surface area contributed by atoms with Gasteiger partial charge in [0.2, 0.25) is 12.3 Å². The lowest BCUT2D eigenvalue weighted by Crippen LogP contribution is -2.27. The number of amides is 1. The minimum absolute atomic E-state index is 0.0203. The molecule has 1 aliphatic heterocycles. The highest BCUT2D eigenvalue weighted by molar-refractivity contribution is 5.92. The summed E-state index contributed by atoms with van der Waals surface area (Å²) in [7, 11) is 0. The van der Waals surface area contributed by atoms with E-state index in [2.05, 4.69) is 27.3 Å². The summed E-state index contributed by atoms with van der Waals surface area (Å²) in [6, 6.07) is 13.9. The van der Waals surface area contributed by atoms with Crippen LogP contribution in [0.1, 0.15) is 28.8 Å². The van der Waals surface area contributed by atoms with Crippen molar-refractivity contribution in [3.05, 3.63) is 84.3 Å². The predicted molar refractivity (Wildman–Crippen MR) is 96.1 cm³/mol. The minimum Gasteiger partial charge on any atom is -0.343 e. The quantitative estimate of drug-likeness (QED) is 0.679. The number of aromatic nitrogens is 3. The fraction of sp³-hybridized carbons (Fsp3) is 0.200. The molecule has 0 bridgehead atoms. The molecule has 0 aliphatic carbocycles. The van der Waals surface area contributed by atoms with Gasteiger partial charge in [-0.1, -0.05) is 41.6 Å².